The summed E-state index contributed by atoms with van der Waals surface area (Å²) in [4.78, 5) is 4.12. The van der Waals surface area contributed by atoms with Crippen LogP contribution in [0.4, 0.5) is 4.39 Å². The van der Waals surface area contributed by atoms with Gasteiger partial charge in [0, 0.05) is 17.6 Å². The van der Waals surface area contributed by atoms with Gasteiger partial charge in [0.25, 0.3) is 0 Å². The van der Waals surface area contributed by atoms with Crippen LogP contribution in [-0.2, 0) is 0 Å². The first-order chi connectivity index (χ1) is 6.84. The van der Waals surface area contributed by atoms with E-state index in [0.29, 0.717) is 5.92 Å². The van der Waals surface area contributed by atoms with Crippen molar-refractivity contribution in [3.8, 4) is 0 Å². The molecule has 0 N–H and O–H groups in total. The Hall–Kier alpha value is -1.44. The highest BCUT2D eigenvalue weighted by atomic mass is 19.1. The van der Waals surface area contributed by atoms with Crippen molar-refractivity contribution in [3.63, 3.8) is 0 Å². The average molecular weight is 187 g/mol. The van der Waals surface area contributed by atoms with Crippen LogP contribution in [0.2, 0.25) is 0 Å². The molecule has 2 aromatic rings. The zero-order chi connectivity index (χ0) is 9.54. The number of halogens is 1. The van der Waals surface area contributed by atoms with Crippen LogP contribution >= 0.6 is 0 Å². The number of aromatic nitrogens is 1. The van der Waals surface area contributed by atoms with Gasteiger partial charge in [-0.25, -0.2) is 4.39 Å². The summed E-state index contributed by atoms with van der Waals surface area (Å²) in [5.41, 5.74) is 1.61. The fourth-order valence-electron chi connectivity index (χ4n) is 1.82. The zero-order valence-electron chi connectivity index (χ0n) is 7.70. The molecule has 0 aliphatic heterocycles. The highest BCUT2D eigenvalue weighted by Crippen LogP contribution is 2.42. The second kappa shape index (κ2) is 2.77. The number of hydrogen-bond donors (Lipinski definition) is 0. The maximum absolute atomic E-state index is 13.6. The lowest BCUT2D eigenvalue weighted by atomic mass is 10.1. The van der Waals surface area contributed by atoms with Gasteiger partial charge in [-0.3, -0.25) is 4.98 Å². The van der Waals surface area contributed by atoms with Gasteiger partial charge in [0.1, 0.15) is 5.82 Å². The smallest absolute Gasteiger partial charge is 0.128 e. The van der Waals surface area contributed by atoms with Gasteiger partial charge in [0.15, 0.2) is 0 Å². The molecular formula is C12H10FN. The number of pyridine rings is 1. The summed E-state index contributed by atoms with van der Waals surface area (Å²) in [5, 5.41) is 1.04. The Morgan fingerprint density at radius 3 is 2.93 bits per heavy atom. The lowest BCUT2D eigenvalue weighted by molar-refractivity contribution is 0.612. The maximum atomic E-state index is 13.6. The Labute approximate surface area is 81.6 Å². The van der Waals surface area contributed by atoms with Gasteiger partial charge in [0.2, 0.25) is 0 Å². The van der Waals surface area contributed by atoms with E-state index in [4.69, 9.17) is 0 Å². The van der Waals surface area contributed by atoms with Crippen LogP contribution in [0.5, 0.6) is 0 Å². The molecule has 0 unspecified atom stereocenters. The van der Waals surface area contributed by atoms with Crippen molar-refractivity contribution in [2.75, 3.05) is 0 Å². The Morgan fingerprint density at radius 1 is 1.29 bits per heavy atom. The normalized spacial score (nSPS) is 16.1. The van der Waals surface area contributed by atoms with E-state index in [1.54, 1.807) is 12.3 Å². The van der Waals surface area contributed by atoms with E-state index in [2.05, 4.69) is 4.98 Å². The third kappa shape index (κ3) is 1.18. The first-order valence-electron chi connectivity index (χ1n) is 4.89. The number of nitrogens with zero attached hydrogens (tertiary/aromatic N) is 1. The van der Waals surface area contributed by atoms with E-state index in [0.717, 1.165) is 29.3 Å². The van der Waals surface area contributed by atoms with Crippen molar-refractivity contribution in [2.45, 2.75) is 18.8 Å². The van der Waals surface area contributed by atoms with Crippen molar-refractivity contribution in [1.82, 2.24) is 4.98 Å². The van der Waals surface area contributed by atoms with Crippen molar-refractivity contribution in [3.05, 3.63) is 41.8 Å². The summed E-state index contributed by atoms with van der Waals surface area (Å²) in [6.45, 7) is 0. The summed E-state index contributed by atoms with van der Waals surface area (Å²) >= 11 is 0. The molecule has 2 heteroatoms. The van der Waals surface area contributed by atoms with Gasteiger partial charge < -0.3 is 0 Å². The first kappa shape index (κ1) is 7.92. The van der Waals surface area contributed by atoms with Crippen LogP contribution < -0.4 is 0 Å². The molecule has 0 bridgehead atoms. The highest BCUT2D eigenvalue weighted by Gasteiger charge is 2.26. The summed E-state index contributed by atoms with van der Waals surface area (Å²) in [6, 6.07) is 7.35. The first-order valence-corrected chi connectivity index (χ1v) is 4.89. The maximum Gasteiger partial charge on any atom is 0.128 e. The molecule has 0 spiro atoms. The molecule has 0 radical (unpaired) electrons. The van der Waals surface area contributed by atoms with Crippen LogP contribution in [-0.4, -0.2) is 4.98 Å². The highest BCUT2D eigenvalue weighted by molar-refractivity contribution is 5.79. The number of fused-ring (bicyclic) bond motifs is 1. The van der Waals surface area contributed by atoms with Crippen molar-refractivity contribution in [1.29, 1.82) is 0 Å². The minimum absolute atomic E-state index is 0.0984. The Balaban J connectivity index is 2.26. The van der Waals surface area contributed by atoms with E-state index >= 15 is 0 Å². The van der Waals surface area contributed by atoms with Gasteiger partial charge in [-0.15, -0.1) is 0 Å². The van der Waals surface area contributed by atoms with Gasteiger partial charge in [-0.1, -0.05) is 6.07 Å². The summed E-state index contributed by atoms with van der Waals surface area (Å²) < 4.78 is 13.6. The van der Waals surface area contributed by atoms with E-state index in [1.165, 1.54) is 0 Å². The summed E-state index contributed by atoms with van der Waals surface area (Å²) in [5.74, 6) is 0.360. The number of rotatable bonds is 1. The Morgan fingerprint density at radius 2 is 2.14 bits per heavy atom. The van der Waals surface area contributed by atoms with Crippen molar-refractivity contribution in [2.24, 2.45) is 0 Å². The second-order valence-corrected chi connectivity index (χ2v) is 3.84. The molecule has 14 heavy (non-hydrogen) atoms. The molecule has 1 saturated carbocycles. The van der Waals surface area contributed by atoms with Gasteiger partial charge >= 0.3 is 0 Å². The van der Waals surface area contributed by atoms with Crippen LogP contribution in [0, 0.1) is 5.82 Å². The van der Waals surface area contributed by atoms with Crippen LogP contribution in [0.1, 0.15) is 24.3 Å². The molecule has 70 valence electrons. The van der Waals surface area contributed by atoms with E-state index in [1.807, 2.05) is 18.2 Å². The van der Waals surface area contributed by atoms with Crippen molar-refractivity contribution < 1.29 is 4.39 Å². The van der Waals surface area contributed by atoms with E-state index < -0.39 is 0 Å². The van der Waals surface area contributed by atoms with Crippen molar-refractivity contribution >= 4 is 10.9 Å². The predicted molar refractivity (Wildman–Crippen MR) is 53.7 cm³/mol. The summed E-state index contributed by atoms with van der Waals surface area (Å²) in [6.07, 6.45) is 3.95. The lowest BCUT2D eigenvalue weighted by Gasteiger charge is -2.02. The molecule has 1 aromatic carbocycles. The van der Waals surface area contributed by atoms with E-state index in [9.17, 15) is 4.39 Å². The standard InChI is InChI=1S/C12H10FN/c13-11-7-12-9(2-1-5-14-12)6-10(11)8-3-4-8/h1-2,5-8H,3-4H2. The van der Waals surface area contributed by atoms with Gasteiger partial charge in [-0.2, -0.15) is 0 Å². The molecule has 3 rings (SSSR count). The summed E-state index contributed by atoms with van der Waals surface area (Å²) in [7, 11) is 0. The fourth-order valence-corrected chi connectivity index (χ4v) is 1.82. The molecule has 1 nitrogen and oxygen atoms in total. The number of benzene rings is 1. The SMILES string of the molecule is Fc1cc2ncccc2cc1C1CC1. The minimum Gasteiger partial charge on any atom is -0.256 e. The van der Waals surface area contributed by atoms with Gasteiger partial charge in [-0.05, 0) is 36.5 Å². The second-order valence-electron chi connectivity index (χ2n) is 3.84. The average Bonchev–Trinajstić information content (AvgIpc) is 3.00. The Kier molecular flexibility index (Phi) is 1.57. The monoisotopic (exact) mass is 187 g/mol. The molecule has 0 amide bonds. The largest absolute Gasteiger partial charge is 0.256 e. The molecule has 1 fully saturated rings. The minimum atomic E-state index is -0.0984. The molecule has 0 atom stereocenters. The molecule has 1 aromatic heterocycles. The quantitative estimate of drug-likeness (QED) is 0.667. The third-order valence-corrected chi connectivity index (χ3v) is 2.74. The molecule has 0 saturated heterocycles. The number of hydrogen-bond acceptors (Lipinski definition) is 1. The van der Waals surface area contributed by atoms with Crippen LogP contribution in [0.3, 0.4) is 0 Å². The van der Waals surface area contributed by atoms with Crippen LogP contribution in [0.25, 0.3) is 10.9 Å². The Bertz CT molecular complexity index is 489. The van der Waals surface area contributed by atoms with Gasteiger partial charge in [0.05, 0.1) is 5.52 Å². The van der Waals surface area contributed by atoms with Crippen LogP contribution in [0.15, 0.2) is 30.5 Å². The third-order valence-electron chi connectivity index (χ3n) is 2.74. The lowest BCUT2D eigenvalue weighted by Crippen LogP contribution is -1.88. The predicted octanol–water partition coefficient (Wildman–Crippen LogP) is 3.25. The zero-order valence-corrected chi connectivity index (χ0v) is 7.70. The molecule has 1 aliphatic carbocycles. The molecule has 1 aliphatic rings. The topological polar surface area (TPSA) is 12.9 Å². The fraction of sp³-hybridized carbons (Fsp3) is 0.250. The van der Waals surface area contributed by atoms with E-state index in [-0.39, 0.29) is 5.82 Å². The molecular weight excluding hydrogens is 177 g/mol. The molecule has 1 heterocycles.